The van der Waals surface area contributed by atoms with Gasteiger partial charge in [-0.2, -0.15) is 5.26 Å². The molecule has 1 amide bonds. The molecule has 2 aromatic rings. The zero-order valence-electron chi connectivity index (χ0n) is 10.2. The average Bonchev–Trinajstić information content (AvgIpc) is 2.46. The molecule has 94 valence electrons. The van der Waals surface area contributed by atoms with Crippen LogP contribution in [0.25, 0.3) is 0 Å². The van der Waals surface area contributed by atoms with Gasteiger partial charge in [-0.15, -0.1) is 0 Å². The van der Waals surface area contributed by atoms with E-state index >= 15 is 0 Å². The van der Waals surface area contributed by atoms with Crippen LogP contribution in [0.4, 0.5) is 10.1 Å². The Kier molecular flexibility index (Phi) is 3.53. The lowest BCUT2D eigenvalue weighted by Crippen LogP contribution is -2.27. The molecule has 0 unspecified atom stereocenters. The Labute approximate surface area is 109 Å². The first-order chi connectivity index (χ1) is 9.13. The number of halogens is 1. The van der Waals surface area contributed by atoms with Crippen LogP contribution in [0.1, 0.15) is 15.9 Å². The first-order valence-corrected chi connectivity index (χ1v) is 5.51. The maximum absolute atomic E-state index is 13.5. The molecule has 1 heterocycles. The number of nitrogens with zero attached hydrogens (tertiary/aromatic N) is 3. The summed E-state index contributed by atoms with van der Waals surface area (Å²) in [6, 6.07) is 9.86. The van der Waals surface area contributed by atoms with E-state index in [0.717, 1.165) is 6.20 Å². The number of nitriles is 1. The second-order valence-corrected chi connectivity index (χ2v) is 3.88. The number of hydrogen-bond donors (Lipinski definition) is 0. The Hall–Kier alpha value is -2.74. The maximum Gasteiger partial charge on any atom is 0.261 e. The van der Waals surface area contributed by atoms with Crippen LogP contribution in [0, 0.1) is 17.1 Å². The lowest BCUT2D eigenvalue weighted by molar-refractivity contribution is 0.0989. The van der Waals surface area contributed by atoms with Crippen molar-refractivity contribution in [1.29, 1.82) is 5.26 Å². The SMILES string of the molecule is CN(C(=O)c1ccncc1F)c1cccc(C#N)c1. The summed E-state index contributed by atoms with van der Waals surface area (Å²) in [5.41, 5.74) is 0.910. The molecule has 0 spiro atoms. The van der Waals surface area contributed by atoms with Crippen molar-refractivity contribution in [1.82, 2.24) is 4.98 Å². The molecular formula is C14H10FN3O. The van der Waals surface area contributed by atoms with E-state index in [1.54, 1.807) is 24.3 Å². The zero-order valence-corrected chi connectivity index (χ0v) is 10.2. The Balaban J connectivity index is 2.34. The number of carbonyl (C=O) groups is 1. The monoisotopic (exact) mass is 255 g/mol. The molecule has 0 aliphatic carbocycles. The van der Waals surface area contributed by atoms with Gasteiger partial charge in [-0.25, -0.2) is 4.39 Å². The number of pyridine rings is 1. The van der Waals surface area contributed by atoms with E-state index < -0.39 is 11.7 Å². The standard InChI is InChI=1S/C14H10FN3O/c1-18(11-4-2-3-10(7-11)8-16)14(19)12-5-6-17-9-13(12)15/h2-7,9H,1H3. The first kappa shape index (κ1) is 12.7. The Bertz CT molecular complexity index is 664. The summed E-state index contributed by atoms with van der Waals surface area (Å²) in [6.07, 6.45) is 2.35. The third-order valence-electron chi connectivity index (χ3n) is 2.67. The van der Waals surface area contributed by atoms with Gasteiger partial charge in [-0.05, 0) is 24.3 Å². The molecule has 19 heavy (non-hydrogen) atoms. The van der Waals surface area contributed by atoms with Gasteiger partial charge >= 0.3 is 0 Å². The van der Waals surface area contributed by atoms with E-state index in [1.165, 1.54) is 24.2 Å². The van der Waals surface area contributed by atoms with Crippen molar-refractivity contribution in [3.05, 3.63) is 59.7 Å². The van der Waals surface area contributed by atoms with E-state index in [9.17, 15) is 9.18 Å². The molecule has 0 atom stereocenters. The highest BCUT2D eigenvalue weighted by Gasteiger charge is 2.17. The molecule has 1 aromatic carbocycles. The molecule has 0 fully saturated rings. The molecule has 0 radical (unpaired) electrons. The van der Waals surface area contributed by atoms with Crippen molar-refractivity contribution in [3.8, 4) is 6.07 Å². The smallest absolute Gasteiger partial charge is 0.261 e. The highest BCUT2D eigenvalue weighted by atomic mass is 19.1. The summed E-state index contributed by atoms with van der Waals surface area (Å²) in [5, 5.41) is 8.82. The molecule has 0 aliphatic heterocycles. The highest BCUT2D eigenvalue weighted by molar-refractivity contribution is 6.05. The van der Waals surface area contributed by atoms with Gasteiger partial charge in [-0.3, -0.25) is 9.78 Å². The van der Waals surface area contributed by atoms with Gasteiger partial charge in [0.15, 0.2) is 5.82 Å². The molecule has 0 bridgehead atoms. The fraction of sp³-hybridized carbons (Fsp3) is 0.0714. The third-order valence-corrected chi connectivity index (χ3v) is 2.67. The molecule has 1 aromatic heterocycles. The minimum Gasteiger partial charge on any atom is -0.311 e. The summed E-state index contributed by atoms with van der Waals surface area (Å²) in [5.74, 6) is -1.16. The molecule has 0 saturated heterocycles. The van der Waals surface area contributed by atoms with Crippen LogP contribution in [0.3, 0.4) is 0 Å². The van der Waals surface area contributed by atoms with Crippen molar-refractivity contribution in [3.63, 3.8) is 0 Å². The Morgan fingerprint density at radius 3 is 2.89 bits per heavy atom. The molecule has 0 N–H and O–H groups in total. The summed E-state index contributed by atoms with van der Waals surface area (Å²) < 4.78 is 13.5. The molecule has 2 rings (SSSR count). The van der Waals surface area contributed by atoms with Crippen molar-refractivity contribution < 1.29 is 9.18 Å². The number of anilines is 1. The predicted molar refractivity (Wildman–Crippen MR) is 68.1 cm³/mol. The second-order valence-electron chi connectivity index (χ2n) is 3.88. The lowest BCUT2D eigenvalue weighted by atomic mass is 10.2. The van der Waals surface area contributed by atoms with Gasteiger partial charge in [0.25, 0.3) is 5.91 Å². The summed E-state index contributed by atoms with van der Waals surface area (Å²) in [4.78, 5) is 17.0. The highest BCUT2D eigenvalue weighted by Crippen LogP contribution is 2.17. The molecule has 5 heteroatoms. The van der Waals surface area contributed by atoms with Crippen molar-refractivity contribution in [2.24, 2.45) is 0 Å². The van der Waals surface area contributed by atoms with Crippen LogP contribution in [0.2, 0.25) is 0 Å². The van der Waals surface area contributed by atoms with E-state index in [2.05, 4.69) is 4.98 Å². The minimum absolute atomic E-state index is 0.0557. The molecular weight excluding hydrogens is 245 g/mol. The largest absolute Gasteiger partial charge is 0.311 e. The van der Waals surface area contributed by atoms with E-state index in [0.29, 0.717) is 11.3 Å². The quantitative estimate of drug-likeness (QED) is 0.827. The van der Waals surface area contributed by atoms with Crippen LogP contribution in [0.5, 0.6) is 0 Å². The van der Waals surface area contributed by atoms with Crippen LogP contribution >= 0.6 is 0 Å². The molecule has 0 saturated carbocycles. The van der Waals surface area contributed by atoms with E-state index in [1.807, 2.05) is 6.07 Å². The van der Waals surface area contributed by atoms with Crippen molar-refractivity contribution >= 4 is 11.6 Å². The number of aromatic nitrogens is 1. The summed E-state index contributed by atoms with van der Waals surface area (Å²) >= 11 is 0. The van der Waals surface area contributed by atoms with Crippen LogP contribution in [0.15, 0.2) is 42.7 Å². The van der Waals surface area contributed by atoms with Crippen LogP contribution in [-0.2, 0) is 0 Å². The van der Waals surface area contributed by atoms with E-state index in [-0.39, 0.29) is 5.56 Å². The van der Waals surface area contributed by atoms with Gasteiger partial charge in [0, 0.05) is 18.9 Å². The molecule has 4 nitrogen and oxygen atoms in total. The Morgan fingerprint density at radius 2 is 2.21 bits per heavy atom. The Morgan fingerprint density at radius 1 is 1.42 bits per heavy atom. The van der Waals surface area contributed by atoms with Crippen LogP contribution < -0.4 is 4.90 Å². The molecule has 0 aliphatic rings. The minimum atomic E-state index is -0.671. The van der Waals surface area contributed by atoms with Gasteiger partial charge in [0.2, 0.25) is 0 Å². The number of amides is 1. The lowest BCUT2D eigenvalue weighted by Gasteiger charge is -2.17. The van der Waals surface area contributed by atoms with Gasteiger partial charge < -0.3 is 4.90 Å². The van der Waals surface area contributed by atoms with Crippen molar-refractivity contribution in [2.45, 2.75) is 0 Å². The van der Waals surface area contributed by atoms with Crippen LogP contribution in [-0.4, -0.2) is 17.9 Å². The fourth-order valence-electron chi connectivity index (χ4n) is 1.63. The van der Waals surface area contributed by atoms with E-state index in [4.69, 9.17) is 5.26 Å². The summed E-state index contributed by atoms with van der Waals surface area (Å²) in [6.45, 7) is 0. The number of hydrogen-bond acceptors (Lipinski definition) is 3. The second kappa shape index (κ2) is 5.27. The normalized spacial score (nSPS) is 9.74. The fourth-order valence-corrected chi connectivity index (χ4v) is 1.63. The zero-order chi connectivity index (χ0) is 13.8. The number of rotatable bonds is 2. The average molecular weight is 255 g/mol. The topological polar surface area (TPSA) is 57.0 Å². The predicted octanol–water partition coefficient (Wildman–Crippen LogP) is 2.37. The van der Waals surface area contributed by atoms with Crippen molar-refractivity contribution in [2.75, 3.05) is 11.9 Å². The van der Waals surface area contributed by atoms with Gasteiger partial charge in [-0.1, -0.05) is 6.07 Å². The number of benzene rings is 1. The number of carbonyl (C=O) groups excluding carboxylic acids is 1. The van der Waals surface area contributed by atoms with Gasteiger partial charge in [0.05, 0.1) is 23.4 Å². The summed E-state index contributed by atoms with van der Waals surface area (Å²) in [7, 11) is 1.53. The third kappa shape index (κ3) is 2.58. The van der Waals surface area contributed by atoms with Gasteiger partial charge in [0.1, 0.15) is 0 Å². The maximum atomic E-state index is 13.5. The first-order valence-electron chi connectivity index (χ1n) is 5.51.